The standard InChI is InChI=1S/C7H14O4S/c1-11-5(2-3-8)7(10)6(12)4-9/h3,5-7,9-10,12H,2,4H2,1H3/t5-,6+,7+/m1/s1. The van der Waals surface area contributed by atoms with Gasteiger partial charge in [0.25, 0.3) is 0 Å². The van der Waals surface area contributed by atoms with Crippen molar-refractivity contribution >= 4 is 18.9 Å². The fraction of sp³-hybridized carbons (Fsp3) is 0.857. The first-order chi connectivity index (χ1) is 5.67. The normalized spacial score (nSPS) is 18.3. The Morgan fingerprint density at radius 3 is 2.58 bits per heavy atom. The predicted molar refractivity (Wildman–Crippen MR) is 47.3 cm³/mol. The van der Waals surface area contributed by atoms with Crippen LogP contribution in [0.2, 0.25) is 0 Å². The molecule has 2 N–H and O–H groups in total. The highest BCUT2D eigenvalue weighted by molar-refractivity contribution is 7.81. The molecule has 72 valence electrons. The van der Waals surface area contributed by atoms with Gasteiger partial charge < -0.3 is 19.7 Å². The molecule has 12 heavy (non-hydrogen) atoms. The zero-order chi connectivity index (χ0) is 9.56. The van der Waals surface area contributed by atoms with E-state index in [9.17, 15) is 9.90 Å². The highest BCUT2D eigenvalue weighted by Gasteiger charge is 2.24. The Labute approximate surface area is 76.9 Å². The van der Waals surface area contributed by atoms with E-state index in [1.807, 2.05) is 0 Å². The highest BCUT2D eigenvalue weighted by atomic mass is 32.1. The third-order valence-corrected chi connectivity index (χ3v) is 2.06. The van der Waals surface area contributed by atoms with Gasteiger partial charge in [0.15, 0.2) is 0 Å². The van der Waals surface area contributed by atoms with E-state index in [-0.39, 0.29) is 13.0 Å². The molecule has 0 spiro atoms. The molecule has 0 unspecified atom stereocenters. The maximum Gasteiger partial charge on any atom is 0.122 e. The smallest absolute Gasteiger partial charge is 0.122 e. The van der Waals surface area contributed by atoms with Crippen LogP contribution in [0.1, 0.15) is 6.42 Å². The van der Waals surface area contributed by atoms with Crippen molar-refractivity contribution < 1.29 is 19.7 Å². The van der Waals surface area contributed by atoms with Crippen molar-refractivity contribution in [3.63, 3.8) is 0 Å². The molecular formula is C7H14O4S. The average molecular weight is 194 g/mol. The Morgan fingerprint density at radius 2 is 2.25 bits per heavy atom. The molecule has 0 amide bonds. The zero-order valence-electron chi connectivity index (χ0n) is 6.88. The van der Waals surface area contributed by atoms with Gasteiger partial charge in [-0.1, -0.05) is 0 Å². The first kappa shape index (κ1) is 11.9. The first-order valence-corrected chi connectivity index (χ1v) is 4.12. The minimum absolute atomic E-state index is 0.106. The SMILES string of the molecule is CO[C@H](CC=O)[C@H](O)[C@@H](S)CO. The van der Waals surface area contributed by atoms with Crippen LogP contribution < -0.4 is 0 Å². The van der Waals surface area contributed by atoms with Gasteiger partial charge in [0, 0.05) is 13.5 Å². The number of aliphatic hydroxyl groups excluding tert-OH is 2. The molecule has 0 aliphatic rings. The molecule has 0 aliphatic carbocycles. The number of hydrogen-bond donors (Lipinski definition) is 3. The summed E-state index contributed by atoms with van der Waals surface area (Å²) < 4.78 is 4.83. The van der Waals surface area contributed by atoms with E-state index < -0.39 is 17.5 Å². The van der Waals surface area contributed by atoms with Crippen LogP contribution in [-0.4, -0.2) is 47.7 Å². The van der Waals surface area contributed by atoms with E-state index in [1.165, 1.54) is 7.11 Å². The van der Waals surface area contributed by atoms with Gasteiger partial charge in [-0.25, -0.2) is 0 Å². The molecule has 0 aromatic rings. The molecule has 0 rings (SSSR count). The Bertz CT molecular complexity index is 131. The van der Waals surface area contributed by atoms with Crippen molar-refractivity contribution in [1.82, 2.24) is 0 Å². The van der Waals surface area contributed by atoms with Crippen molar-refractivity contribution in [2.75, 3.05) is 13.7 Å². The average Bonchev–Trinajstić information content (AvgIpc) is 2.11. The van der Waals surface area contributed by atoms with Gasteiger partial charge in [0.05, 0.1) is 24.1 Å². The van der Waals surface area contributed by atoms with Crippen LogP contribution in [0.4, 0.5) is 0 Å². The minimum Gasteiger partial charge on any atom is -0.395 e. The number of methoxy groups -OCH3 is 1. The van der Waals surface area contributed by atoms with E-state index in [4.69, 9.17) is 9.84 Å². The number of hydrogen-bond acceptors (Lipinski definition) is 5. The Kier molecular flexibility index (Phi) is 6.37. The van der Waals surface area contributed by atoms with Crippen molar-refractivity contribution in [2.45, 2.75) is 23.9 Å². The molecule has 0 fully saturated rings. The molecule has 0 bridgehead atoms. The Hall–Kier alpha value is -0.100. The molecular weight excluding hydrogens is 180 g/mol. The summed E-state index contributed by atoms with van der Waals surface area (Å²) in [5, 5.41) is 17.5. The van der Waals surface area contributed by atoms with Crippen molar-refractivity contribution in [3.8, 4) is 0 Å². The van der Waals surface area contributed by atoms with Crippen molar-refractivity contribution in [2.24, 2.45) is 0 Å². The molecule has 0 aromatic heterocycles. The maximum atomic E-state index is 10.1. The molecule has 0 heterocycles. The highest BCUT2D eigenvalue weighted by Crippen LogP contribution is 2.10. The number of thiol groups is 1. The third kappa shape index (κ3) is 3.53. The van der Waals surface area contributed by atoms with Gasteiger partial charge in [-0.05, 0) is 0 Å². The maximum absolute atomic E-state index is 10.1. The van der Waals surface area contributed by atoms with E-state index >= 15 is 0 Å². The molecule has 5 heteroatoms. The molecule has 0 aromatic carbocycles. The summed E-state index contributed by atoms with van der Waals surface area (Å²) in [5.41, 5.74) is 0. The third-order valence-electron chi connectivity index (χ3n) is 1.59. The van der Waals surface area contributed by atoms with Gasteiger partial charge >= 0.3 is 0 Å². The lowest BCUT2D eigenvalue weighted by Gasteiger charge is -2.23. The lowest BCUT2D eigenvalue weighted by molar-refractivity contribution is -0.112. The molecule has 4 nitrogen and oxygen atoms in total. The summed E-state index contributed by atoms with van der Waals surface area (Å²) >= 11 is 3.92. The monoisotopic (exact) mass is 194 g/mol. The van der Waals surface area contributed by atoms with E-state index in [0.29, 0.717) is 6.29 Å². The first-order valence-electron chi connectivity index (χ1n) is 3.60. The molecule has 0 radical (unpaired) electrons. The number of aliphatic hydroxyl groups is 2. The van der Waals surface area contributed by atoms with Gasteiger partial charge in [-0.15, -0.1) is 0 Å². The topological polar surface area (TPSA) is 66.8 Å². The van der Waals surface area contributed by atoms with Gasteiger partial charge in [-0.2, -0.15) is 12.6 Å². The van der Waals surface area contributed by atoms with E-state index in [2.05, 4.69) is 12.6 Å². The van der Waals surface area contributed by atoms with Crippen LogP contribution in [0.25, 0.3) is 0 Å². The van der Waals surface area contributed by atoms with Gasteiger partial charge in [0.2, 0.25) is 0 Å². The van der Waals surface area contributed by atoms with Crippen LogP contribution in [0.5, 0.6) is 0 Å². The second-order valence-corrected chi connectivity index (χ2v) is 3.08. The lowest BCUT2D eigenvalue weighted by atomic mass is 10.1. The number of ether oxygens (including phenoxy) is 1. The van der Waals surface area contributed by atoms with Crippen molar-refractivity contribution in [1.29, 1.82) is 0 Å². The second-order valence-electron chi connectivity index (χ2n) is 2.42. The fourth-order valence-corrected chi connectivity index (χ4v) is 1.02. The number of rotatable bonds is 6. The van der Waals surface area contributed by atoms with E-state index in [1.54, 1.807) is 0 Å². The number of aldehydes is 1. The zero-order valence-corrected chi connectivity index (χ0v) is 7.78. The fourth-order valence-electron chi connectivity index (χ4n) is 0.826. The number of carbonyl (C=O) groups excluding carboxylic acids is 1. The van der Waals surface area contributed by atoms with Gasteiger partial charge in [-0.3, -0.25) is 0 Å². The summed E-state index contributed by atoms with van der Waals surface area (Å²) in [4.78, 5) is 10.1. The Morgan fingerprint density at radius 1 is 1.67 bits per heavy atom. The van der Waals surface area contributed by atoms with Crippen LogP contribution in [0.15, 0.2) is 0 Å². The Balaban J connectivity index is 3.99. The molecule has 0 saturated carbocycles. The van der Waals surface area contributed by atoms with E-state index in [0.717, 1.165) is 0 Å². The van der Waals surface area contributed by atoms with Crippen molar-refractivity contribution in [3.05, 3.63) is 0 Å². The molecule has 0 saturated heterocycles. The molecule has 3 atom stereocenters. The van der Waals surface area contributed by atoms with Gasteiger partial charge in [0.1, 0.15) is 6.29 Å². The summed E-state index contributed by atoms with van der Waals surface area (Å²) in [6, 6.07) is 0. The second kappa shape index (κ2) is 6.42. The van der Waals surface area contributed by atoms with Crippen LogP contribution in [0, 0.1) is 0 Å². The van der Waals surface area contributed by atoms with Crippen LogP contribution in [-0.2, 0) is 9.53 Å². The summed E-state index contributed by atoms with van der Waals surface area (Å²) in [7, 11) is 1.40. The summed E-state index contributed by atoms with van der Waals surface area (Å²) in [6.45, 7) is -0.247. The quantitative estimate of drug-likeness (QED) is 0.384. The summed E-state index contributed by atoms with van der Waals surface area (Å²) in [6.07, 6.45) is -0.741. The predicted octanol–water partition coefficient (Wildman–Crippen LogP) is -0.758. The number of carbonyl (C=O) groups is 1. The lowest BCUT2D eigenvalue weighted by Crippen LogP contribution is -2.37. The molecule has 0 aliphatic heterocycles. The summed E-state index contributed by atoms with van der Waals surface area (Å²) in [5.74, 6) is 0. The largest absolute Gasteiger partial charge is 0.395 e. The van der Waals surface area contributed by atoms with Crippen LogP contribution >= 0.6 is 12.6 Å². The minimum atomic E-state index is -0.923. The van der Waals surface area contributed by atoms with Crippen LogP contribution in [0.3, 0.4) is 0 Å².